The summed E-state index contributed by atoms with van der Waals surface area (Å²) in [6.45, 7) is 0.392. The Bertz CT molecular complexity index is 931. The average molecular weight is 401 g/mol. The first kappa shape index (κ1) is 18.8. The molecular weight excluding hydrogens is 383 g/mol. The van der Waals surface area contributed by atoms with Crippen molar-refractivity contribution in [2.24, 2.45) is 13.0 Å². The standard InChI is InChI=1S/C16H18ClFN4O3S/c1-21-9-15(19-10-21)26(24,25)22-6-2-3-11(8-22)16(23)20-14-5-4-12(18)7-13(14)17/h4-5,7,9-11H,2-3,6,8H2,1H3,(H,20,23)/t11-/m1/s1. The van der Waals surface area contributed by atoms with E-state index in [-0.39, 0.29) is 22.5 Å². The number of benzene rings is 1. The molecule has 140 valence electrons. The van der Waals surface area contributed by atoms with Crippen LogP contribution in [-0.2, 0) is 21.9 Å². The summed E-state index contributed by atoms with van der Waals surface area (Å²) in [6.07, 6.45) is 3.95. The Hall–Kier alpha value is -1.97. The number of sulfonamides is 1. The number of hydrogen-bond donors (Lipinski definition) is 1. The van der Waals surface area contributed by atoms with Gasteiger partial charge in [0.25, 0.3) is 10.0 Å². The minimum atomic E-state index is -3.75. The summed E-state index contributed by atoms with van der Waals surface area (Å²) in [4.78, 5) is 16.4. The lowest BCUT2D eigenvalue weighted by atomic mass is 9.98. The lowest BCUT2D eigenvalue weighted by Gasteiger charge is -2.30. The lowest BCUT2D eigenvalue weighted by Crippen LogP contribution is -2.43. The molecule has 7 nitrogen and oxygen atoms in total. The monoisotopic (exact) mass is 400 g/mol. The van der Waals surface area contributed by atoms with Gasteiger partial charge in [0.15, 0.2) is 5.03 Å². The fourth-order valence-corrected chi connectivity index (χ4v) is 4.56. The molecule has 0 aliphatic carbocycles. The normalized spacial score (nSPS) is 18.7. The highest BCUT2D eigenvalue weighted by Gasteiger charge is 2.34. The highest BCUT2D eigenvalue weighted by molar-refractivity contribution is 7.89. The van der Waals surface area contributed by atoms with Crippen LogP contribution in [0.25, 0.3) is 0 Å². The van der Waals surface area contributed by atoms with Crippen molar-refractivity contribution in [3.05, 3.63) is 41.6 Å². The molecule has 26 heavy (non-hydrogen) atoms. The molecule has 3 rings (SSSR count). The van der Waals surface area contributed by atoms with E-state index in [0.29, 0.717) is 25.1 Å². The predicted octanol–water partition coefficient (Wildman–Crippen LogP) is 2.25. The molecule has 2 heterocycles. The number of aromatic nitrogens is 2. The Labute approximate surface area is 155 Å². The fraction of sp³-hybridized carbons (Fsp3) is 0.375. The summed E-state index contributed by atoms with van der Waals surface area (Å²) in [5, 5.41) is 2.69. The second-order valence-corrected chi connectivity index (χ2v) is 8.49. The van der Waals surface area contributed by atoms with Crippen LogP contribution in [0.4, 0.5) is 10.1 Å². The van der Waals surface area contributed by atoms with Gasteiger partial charge in [0.05, 0.1) is 23.0 Å². The van der Waals surface area contributed by atoms with Crippen LogP contribution in [0.5, 0.6) is 0 Å². The minimum absolute atomic E-state index is 0.0392. The molecule has 1 aromatic carbocycles. The topological polar surface area (TPSA) is 84.3 Å². The number of imidazole rings is 1. The molecule has 1 atom stereocenters. The van der Waals surface area contributed by atoms with E-state index in [1.165, 1.54) is 29.0 Å². The lowest BCUT2D eigenvalue weighted by molar-refractivity contribution is -0.120. The van der Waals surface area contributed by atoms with Gasteiger partial charge in [0.1, 0.15) is 5.82 Å². The molecule has 1 fully saturated rings. The molecule has 0 bridgehead atoms. The predicted molar refractivity (Wildman–Crippen MR) is 94.7 cm³/mol. The number of carbonyl (C=O) groups is 1. The molecule has 10 heteroatoms. The fourth-order valence-electron chi connectivity index (χ4n) is 2.85. The largest absolute Gasteiger partial charge is 0.339 e. The SMILES string of the molecule is Cn1cnc(S(=O)(=O)N2CCC[C@@H](C(=O)Nc3ccc(F)cc3Cl)C2)c1. The summed E-state index contributed by atoms with van der Waals surface area (Å²) in [7, 11) is -2.06. The Balaban J connectivity index is 1.72. The molecule has 1 aliphatic heterocycles. The minimum Gasteiger partial charge on any atom is -0.339 e. The number of nitrogens with one attached hydrogen (secondary N) is 1. The second-order valence-electron chi connectivity index (χ2n) is 6.19. The number of hydrogen-bond acceptors (Lipinski definition) is 4. The summed E-state index contributed by atoms with van der Waals surface area (Å²) >= 11 is 5.92. The third-order valence-electron chi connectivity index (χ3n) is 4.23. The highest BCUT2D eigenvalue weighted by Crippen LogP contribution is 2.26. The number of anilines is 1. The van der Waals surface area contributed by atoms with Crippen LogP contribution < -0.4 is 5.32 Å². The van der Waals surface area contributed by atoms with Crippen molar-refractivity contribution in [2.45, 2.75) is 17.9 Å². The van der Waals surface area contributed by atoms with Crippen LogP contribution in [0.1, 0.15) is 12.8 Å². The van der Waals surface area contributed by atoms with Crippen molar-refractivity contribution < 1.29 is 17.6 Å². The molecule has 1 aliphatic rings. The first-order valence-electron chi connectivity index (χ1n) is 8.01. The van der Waals surface area contributed by atoms with Gasteiger partial charge in [0.2, 0.25) is 5.91 Å². The molecule has 2 aromatic rings. The van der Waals surface area contributed by atoms with Crippen LogP contribution in [0, 0.1) is 11.7 Å². The van der Waals surface area contributed by atoms with E-state index in [4.69, 9.17) is 11.6 Å². The Kier molecular flexibility index (Phi) is 5.31. The quantitative estimate of drug-likeness (QED) is 0.853. The maximum atomic E-state index is 13.1. The van der Waals surface area contributed by atoms with Crippen LogP contribution in [0.3, 0.4) is 0 Å². The smallest absolute Gasteiger partial charge is 0.262 e. The number of rotatable bonds is 4. The average Bonchev–Trinajstić information content (AvgIpc) is 3.05. The molecule has 1 N–H and O–H groups in total. The van der Waals surface area contributed by atoms with Crippen molar-refractivity contribution in [2.75, 3.05) is 18.4 Å². The maximum absolute atomic E-state index is 13.1. The zero-order valence-corrected chi connectivity index (χ0v) is 15.6. The number of carbonyl (C=O) groups excluding carboxylic acids is 1. The number of piperidine rings is 1. The molecule has 1 amide bonds. The molecule has 0 saturated carbocycles. The maximum Gasteiger partial charge on any atom is 0.262 e. The molecule has 1 aromatic heterocycles. The molecule has 0 radical (unpaired) electrons. The number of amides is 1. The van der Waals surface area contributed by atoms with E-state index in [0.717, 1.165) is 6.07 Å². The van der Waals surface area contributed by atoms with E-state index >= 15 is 0 Å². The van der Waals surface area contributed by atoms with Gasteiger partial charge >= 0.3 is 0 Å². The number of nitrogens with zero attached hydrogens (tertiary/aromatic N) is 3. The molecule has 1 saturated heterocycles. The third-order valence-corrected chi connectivity index (χ3v) is 6.29. The van der Waals surface area contributed by atoms with E-state index in [1.54, 1.807) is 11.6 Å². The van der Waals surface area contributed by atoms with Gasteiger partial charge in [-0.2, -0.15) is 4.31 Å². The zero-order valence-electron chi connectivity index (χ0n) is 14.0. The highest BCUT2D eigenvalue weighted by atomic mass is 35.5. The van der Waals surface area contributed by atoms with Crippen molar-refractivity contribution in [3.8, 4) is 0 Å². The van der Waals surface area contributed by atoms with Crippen LogP contribution in [-0.4, -0.2) is 41.3 Å². The van der Waals surface area contributed by atoms with E-state index in [9.17, 15) is 17.6 Å². The van der Waals surface area contributed by atoms with Gasteiger partial charge < -0.3 is 9.88 Å². The first-order valence-corrected chi connectivity index (χ1v) is 9.83. The zero-order chi connectivity index (χ0) is 18.9. The Morgan fingerprint density at radius 3 is 2.85 bits per heavy atom. The van der Waals surface area contributed by atoms with Gasteiger partial charge in [-0.05, 0) is 31.0 Å². The van der Waals surface area contributed by atoms with Crippen molar-refractivity contribution in [1.82, 2.24) is 13.9 Å². The molecule has 0 spiro atoms. The number of aryl methyl sites for hydroxylation is 1. The molecule has 0 unspecified atom stereocenters. The van der Waals surface area contributed by atoms with Crippen LogP contribution >= 0.6 is 11.6 Å². The summed E-state index contributed by atoms with van der Waals surface area (Å²) in [6, 6.07) is 3.68. The van der Waals surface area contributed by atoms with Gasteiger partial charge in [-0.25, -0.2) is 17.8 Å². The van der Waals surface area contributed by atoms with Gasteiger partial charge in [-0.3, -0.25) is 4.79 Å². The number of halogens is 2. The van der Waals surface area contributed by atoms with Crippen molar-refractivity contribution in [3.63, 3.8) is 0 Å². The van der Waals surface area contributed by atoms with Crippen LogP contribution in [0.15, 0.2) is 35.7 Å². The van der Waals surface area contributed by atoms with Crippen LogP contribution in [0.2, 0.25) is 5.02 Å². The summed E-state index contributed by atoms with van der Waals surface area (Å²) in [5.41, 5.74) is 0.294. The molecular formula is C16H18ClFN4O3S. The second kappa shape index (κ2) is 7.34. The van der Waals surface area contributed by atoms with E-state index < -0.39 is 21.8 Å². The van der Waals surface area contributed by atoms with E-state index in [1.807, 2.05) is 0 Å². The van der Waals surface area contributed by atoms with Crippen molar-refractivity contribution in [1.29, 1.82) is 0 Å². The first-order chi connectivity index (χ1) is 12.3. The summed E-state index contributed by atoms with van der Waals surface area (Å²) in [5.74, 6) is -1.37. The Morgan fingerprint density at radius 1 is 1.42 bits per heavy atom. The van der Waals surface area contributed by atoms with Gasteiger partial charge in [-0.15, -0.1) is 0 Å². The third kappa shape index (κ3) is 3.89. The summed E-state index contributed by atoms with van der Waals surface area (Å²) < 4.78 is 41.3. The van der Waals surface area contributed by atoms with Gasteiger partial charge in [0, 0.05) is 26.3 Å². The Morgan fingerprint density at radius 2 is 2.19 bits per heavy atom. The van der Waals surface area contributed by atoms with Crippen molar-refractivity contribution >= 4 is 33.2 Å². The van der Waals surface area contributed by atoms with Gasteiger partial charge in [-0.1, -0.05) is 11.6 Å². The van der Waals surface area contributed by atoms with E-state index in [2.05, 4.69) is 10.3 Å².